The SMILES string of the molecule is CC(C)N1C2=C(C=CCC2)C2C=C(C3C=Cc4c(c5c(n4C4=CC=CCC4)CCC=C5)C3)C=CC21. The Morgan fingerprint density at radius 1 is 0.886 bits per heavy atom. The van der Waals surface area contributed by atoms with Gasteiger partial charge in [-0.05, 0) is 93.2 Å². The fourth-order valence-corrected chi connectivity index (χ4v) is 7.36. The van der Waals surface area contributed by atoms with Crippen molar-refractivity contribution in [1.29, 1.82) is 0 Å². The van der Waals surface area contributed by atoms with Gasteiger partial charge in [-0.25, -0.2) is 0 Å². The third kappa shape index (κ3) is 3.29. The second-order valence-electron chi connectivity index (χ2n) is 11.2. The molecule has 1 aliphatic heterocycles. The van der Waals surface area contributed by atoms with Crippen molar-refractivity contribution in [2.24, 2.45) is 11.8 Å². The van der Waals surface area contributed by atoms with Crippen molar-refractivity contribution in [2.75, 3.05) is 0 Å². The Labute approximate surface area is 210 Å². The molecule has 0 N–H and O–H groups in total. The van der Waals surface area contributed by atoms with Gasteiger partial charge in [0.05, 0.1) is 6.04 Å². The molecule has 0 radical (unpaired) electrons. The average molecular weight is 461 g/mol. The molecule has 0 aromatic carbocycles. The first-order valence-corrected chi connectivity index (χ1v) is 13.8. The van der Waals surface area contributed by atoms with Gasteiger partial charge in [-0.2, -0.15) is 0 Å². The molecule has 0 bridgehead atoms. The Kier molecular flexibility index (Phi) is 5.05. The first kappa shape index (κ1) is 21.3. The normalized spacial score (nSPS) is 28.2. The van der Waals surface area contributed by atoms with Gasteiger partial charge in [0, 0.05) is 40.7 Å². The van der Waals surface area contributed by atoms with Gasteiger partial charge in [0.2, 0.25) is 0 Å². The van der Waals surface area contributed by atoms with E-state index in [4.69, 9.17) is 0 Å². The maximum atomic E-state index is 2.69. The second-order valence-corrected chi connectivity index (χ2v) is 11.2. The van der Waals surface area contributed by atoms with E-state index in [1.54, 1.807) is 16.8 Å². The van der Waals surface area contributed by atoms with Gasteiger partial charge in [0.1, 0.15) is 0 Å². The largest absolute Gasteiger partial charge is 0.365 e. The van der Waals surface area contributed by atoms with Crippen molar-refractivity contribution in [3.8, 4) is 0 Å². The van der Waals surface area contributed by atoms with Crippen LogP contribution in [0, 0.1) is 11.8 Å². The smallest absolute Gasteiger partial charge is 0.0580 e. The van der Waals surface area contributed by atoms with E-state index in [9.17, 15) is 0 Å². The van der Waals surface area contributed by atoms with Crippen molar-refractivity contribution in [3.63, 3.8) is 0 Å². The zero-order valence-electron chi connectivity index (χ0n) is 21.1. The van der Waals surface area contributed by atoms with Crippen LogP contribution in [0.5, 0.6) is 0 Å². The molecule has 5 aliphatic carbocycles. The highest BCUT2D eigenvalue weighted by Crippen LogP contribution is 2.46. The van der Waals surface area contributed by atoms with Crippen LogP contribution in [0.4, 0.5) is 0 Å². The maximum Gasteiger partial charge on any atom is 0.0580 e. The van der Waals surface area contributed by atoms with Crippen molar-refractivity contribution < 1.29 is 0 Å². The van der Waals surface area contributed by atoms with E-state index in [1.807, 2.05) is 0 Å². The standard InChI is InChI=1S/C33H36N2/c1-22(2)34-30-14-8-6-12-26(30)28-20-23(16-18-32(28)34)24-17-19-33-29(21-24)27-13-7-9-15-31(27)35(33)25-10-4-3-5-11-25/h3-4,6-7,10,12-13,16-20,22,24,28,32H,5,8-9,11,14-15,21H2,1-2H3. The molecule has 7 rings (SSSR count). The number of aromatic nitrogens is 1. The molecule has 0 amide bonds. The summed E-state index contributed by atoms with van der Waals surface area (Å²) in [4.78, 5) is 2.69. The van der Waals surface area contributed by atoms with E-state index >= 15 is 0 Å². The van der Waals surface area contributed by atoms with Crippen LogP contribution in [0.1, 0.15) is 68.5 Å². The van der Waals surface area contributed by atoms with Gasteiger partial charge in [0.15, 0.2) is 0 Å². The highest BCUT2D eigenvalue weighted by Gasteiger charge is 2.40. The van der Waals surface area contributed by atoms with Crippen LogP contribution in [0.25, 0.3) is 17.8 Å². The first-order chi connectivity index (χ1) is 17.2. The lowest BCUT2D eigenvalue weighted by molar-refractivity contribution is 0.236. The molecule has 2 nitrogen and oxygen atoms in total. The molecule has 178 valence electrons. The van der Waals surface area contributed by atoms with Crippen LogP contribution in [0.15, 0.2) is 77.6 Å². The maximum absolute atomic E-state index is 2.69. The van der Waals surface area contributed by atoms with Crippen molar-refractivity contribution in [1.82, 2.24) is 9.47 Å². The molecule has 2 heterocycles. The number of hydrogen-bond donors (Lipinski definition) is 0. The minimum Gasteiger partial charge on any atom is -0.365 e. The average Bonchev–Trinajstić information content (AvgIpc) is 3.41. The Bertz CT molecular complexity index is 1310. The zero-order valence-corrected chi connectivity index (χ0v) is 21.1. The number of hydrogen-bond acceptors (Lipinski definition) is 1. The van der Waals surface area contributed by atoms with Crippen molar-refractivity contribution >= 4 is 17.8 Å². The van der Waals surface area contributed by atoms with E-state index in [1.165, 1.54) is 41.1 Å². The Balaban J connectivity index is 1.25. The molecule has 0 saturated carbocycles. The Morgan fingerprint density at radius 2 is 1.74 bits per heavy atom. The molecular weight excluding hydrogens is 424 g/mol. The number of nitrogens with zero attached hydrogens (tertiary/aromatic N) is 2. The van der Waals surface area contributed by atoms with Crippen LogP contribution >= 0.6 is 0 Å². The molecule has 2 heteroatoms. The van der Waals surface area contributed by atoms with Crippen LogP contribution in [-0.2, 0) is 12.8 Å². The Morgan fingerprint density at radius 3 is 2.60 bits per heavy atom. The second kappa shape index (κ2) is 8.29. The van der Waals surface area contributed by atoms with E-state index in [0.29, 0.717) is 23.9 Å². The summed E-state index contributed by atoms with van der Waals surface area (Å²) in [5.41, 5.74) is 12.2. The third-order valence-electron chi connectivity index (χ3n) is 8.86. The predicted molar refractivity (Wildman–Crippen MR) is 148 cm³/mol. The number of fused-ring (bicyclic) bond motifs is 5. The summed E-state index contributed by atoms with van der Waals surface area (Å²) in [7, 11) is 0. The third-order valence-corrected chi connectivity index (χ3v) is 8.86. The van der Waals surface area contributed by atoms with Crippen LogP contribution in [0.2, 0.25) is 0 Å². The van der Waals surface area contributed by atoms with E-state index in [0.717, 1.165) is 32.1 Å². The quantitative estimate of drug-likeness (QED) is 0.450. The summed E-state index contributed by atoms with van der Waals surface area (Å²) in [5, 5.41) is 0. The predicted octanol–water partition coefficient (Wildman–Crippen LogP) is 7.63. The zero-order chi connectivity index (χ0) is 23.5. The molecule has 0 fully saturated rings. The van der Waals surface area contributed by atoms with Crippen LogP contribution < -0.4 is 0 Å². The van der Waals surface area contributed by atoms with Gasteiger partial charge in [-0.1, -0.05) is 60.8 Å². The van der Waals surface area contributed by atoms with Crippen LogP contribution in [-0.4, -0.2) is 21.6 Å². The summed E-state index contributed by atoms with van der Waals surface area (Å²) >= 11 is 0. The van der Waals surface area contributed by atoms with Gasteiger partial charge >= 0.3 is 0 Å². The topological polar surface area (TPSA) is 8.17 Å². The minimum absolute atomic E-state index is 0.458. The van der Waals surface area contributed by atoms with Gasteiger partial charge in [-0.15, -0.1) is 0 Å². The monoisotopic (exact) mass is 460 g/mol. The Hall–Kier alpha value is -3.00. The molecule has 35 heavy (non-hydrogen) atoms. The molecule has 3 atom stereocenters. The van der Waals surface area contributed by atoms with Crippen molar-refractivity contribution in [3.05, 3.63) is 100 Å². The number of rotatable bonds is 3. The molecular formula is C33H36N2. The minimum atomic E-state index is 0.458. The summed E-state index contributed by atoms with van der Waals surface area (Å²) < 4.78 is 2.60. The van der Waals surface area contributed by atoms with Gasteiger partial charge in [0.25, 0.3) is 0 Å². The summed E-state index contributed by atoms with van der Waals surface area (Å²) in [6, 6.07) is 1.03. The van der Waals surface area contributed by atoms with E-state index in [2.05, 4.69) is 96.2 Å². The molecule has 0 spiro atoms. The summed E-state index contributed by atoms with van der Waals surface area (Å²) in [6.45, 7) is 4.70. The fourth-order valence-electron chi connectivity index (χ4n) is 7.36. The lowest BCUT2D eigenvalue weighted by atomic mass is 9.79. The molecule has 6 aliphatic rings. The summed E-state index contributed by atoms with van der Waals surface area (Å²) in [5.74, 6) is 0.955. The highest BCUT2D eigenvalue weighted by molar-refractivity contribution is 5.74. The van der Waals surface area contributed by atoms with Crippen LogP contribution in [0.3, 0.4) is 0 Å². The molecule has 1 aromatic rings. The van der Waals surface area contributed by atoms with E-state index < -0.39 is 0 Å². The first-order valence-electron chi connectivity index (χ1n) is 13.8. The lowest BCUT2D eigenvalue weighted by Crippen LogP contribution is -2.38. The fraction of sp³-hybridized carbons (Fsp3) is 0.394. The molecule has 3 unspecified atom stereocenters. The lowest BCUT2D eigenvalue weighted by Gasteiger charge is -2.35. The van der Waals surface area contributed by atoms with E-state index in [-0.39, 0.29) is 0 Å². The highest BCUT2D eigenvalue weighted by atomic mass is 15.2. The molecule has 1 aromatic heterocycles. The van der Waals surface area contributed by atoms with Gasteiger partial charge in [-0.3, -0.25) is 0 Å². The number of allylic oxidation sites excluding steroid dienone is 11. The van der Waals surface area contributed by atoms with Crippen molar-refractivity contribution in [2.45, 2.75) is 70.9 Å². The molecule has 0 saturated heterocycles. The summed E-state index contributed by atoms with van der Waals surface area (Å²) in [6.07, 6.45) is 37.0. The van der Waals surface area contributed by atoms with Gasteiger partial charge < -0.3 is 9.47 Å².